The van der Waals surface area contributed by atoms with Gasteiger partial charge in [0.2, 0.25) is 10.0 Å². The van der Waals surface area contributed by atoms with Crippen LogP contribution in [0.4, 0.5) is 0 Å². The van der Waals surface area contributed by atoms with Gasteiger partial charge in [-0.1, -0.05) is 19.1 Å². The fourth-order valence-electron chi connectivity index (χ4n) is 3.78. The number of nitrogens with one attached hydrogen (secondary N) is 1. The number of benzene rings is 2. The number of amides is 1. The van der Waals surface area contributed by atoms with Crippen LogP contribution < -0.4 is 9.46 Å². The molecular formula is C23H30N2O6S2. The molecule has 2 aromatic carbocycles. The number of likely N-dealkylation sites (tertiary alicyclic amines) is 1. The number of carbonyl (C=O) groups excluding carboxylic acids is 1. The van der Waals surface area contributed by atoms with E-state index in [-0.39, 0.29) is 21.3 Å². The van der Waals surface area contributed by atoms with E-state index in [1.165, 1.54) is 37.4 Å². The summed E-state index contributed by atoms with van der Waals surface area (Å²) < 4.78 is 57.3. The number of ether oxygens (including phenoxy) is 1. The maximum Gasteiger partial charge on any atom is 0.257 e. The van der Waals surface area contributed by atoms with Crippen molar-refractivity contribution in [2.24, 2.45) is 5.92 Å². The Morgan fingerprint density at radius 3 is 2.15 bits per heavy atom. The Morgan fingerprint density at radius 2 is 1.61 bits per heavy atom. The van der Waals surface area contributed by atoms with E-state index in [0.717, 1.165) is 19.1 Å². The molecule has 1 atom stereocenters. The quantitative estimate of drug-likeness (QED) is 0.634. The standard InChI is InChI=1S/C23H30N2O6S2/c1-16-11-13-25(14-12-16)23(26)21-15-20(9-10-22(21)31-3)33(29,30)24-17(2)18-5-7-19(8-6-18)32(4,27)28/h5-10,15-17,24H,11-14H2,1-4H3/t17-/m0/s1. The second kappa shape index (κ2) is 9.82. The summed E-state index contributed by atoms with van der Waals surface area (Å²) in [5.41, 5.74) is 0.818. The van der Waals surface area contributed by atoms with Gasteiger partial charge in [-0.15, -0.1) is 0 Å². The van der Waals surface area contributed by atoms with Crippen molar-refractivity contribution >= 4 is 25.8 Å². The third-order valence-electron chi connectivity index (χ3n) is 5.92. The summed E-state index contributed by atoms with van der Waals surface area (Å²) in [4.78, 5) is 14.9. The number of rotatable bonds is 7. The topological polar surface area (TPSA) is 110 Å². The van der Waals surface area contributed by atoms with Crippen LogP contribution in [0.5, 0.6) is 5.75 Å². The lowest BCUT2D eigenvalue weighted by Crippen LogP contribution is -2.38. The first-order chi connectivity index (χ1) is 15.4. The Morgan fingerprint density at radius 1 is 1.03 bits per heavy atom. The van der Waals surface area contributed by atoms with Gasteiger partial charge in [0.1, 0.15) is 5.75 Å². The Balaban J connectivity index is 1.84. The van der Waals surface area contributed by atoms with E-state index in [2.05, 4.69) is 11.6 Å². The molecule has 0 aliphatic carbocycles. The Bertz CT molecular complexity index is 1220. The molecule has 0 aromatic heterocycles. The molecule has 1 aliphatic rings. The average Bonchev–Trinajstić information content (AvgIpc) is 2.78. The first kappa shape index (κ1) is 25.2. The molecule has 0 bridgehead atoms. The fourth-order valence-corrected chi connectivity index (χ4v) is 5.66. The molecule has 8 nitrogen and oxygen atoms in total. The Kier molecular flexibility index (Phi) is 7.50. The maximum absolute atomic E-state index is 13.1. The molecule has 1 N–H and O–H groups in total. The van der Waals surface area contributed by atoms with Crippen LogP contribution in [-0.4, -0.2) is 54.1 Å². The summed E-state index contributed by atoms with van der Waals surface area (Å²) in [6.07, 6.45) is 2.92. The molecule has 1 aliphatic heterocycles. The summed E-state index contributed by atoms with van der Waals surface area (Å²) >= 11 is 0. The van der Waals surface area contributed by atoms with Gasteiger partial charge in [-0.2, -0.15) is 0 Å². The van der Waals surface area contributed by atoms with Crippen LogP contribution in [0.3, 0.4) is 0 Å². The molecular weight excluding hydrogens is 464 g/mol. The van der Waals surface area contributed by atoms with Gasteiger partial charge in [0.15, 0.2) is 9.84 Å². The van der Waals surface area contributed by atoms with Crippen LogP contribution in [-0.2, 0) is 19.9 Å². The zero-order chi connectivity index (χ0) is 24.4. The van der Waals surface area contributed by atoms with E-state index < -0.39 is 25.9 Å². The summed E-state index contributed by atoms with van der Waals surface area (Å²) in [5.74, 6) is 0.627. The highest BCUT2D eigenvalue weighted by molar-refractivity contribution is 7.90. The van der Waals surface area contributed by atoms with E-state index in [0.29, 0.717) is 30.3 Å². The molecule has 1 fully saturated rings. The first-order valence-corrected chi connectivity index (χ1v) is 14.1. The lowest BCUT2D eigenvalue weighted by atomic mass is 9.98. The highest BCUT2D eigenvalue weighted by Gasteiger charge is 2.27. The number of sulfone groups is 1. The number of nitrogens with zero attached hydrogens (tertiary/aromatic N) is 1. The smallest absolute Gasteiger partial charge is 0.257 e. The van der Waals surface area contributed by atoms with Crippen LogP contribution in [0.1, 0.15) is 48.7 Å². The van der Waals surface area contributed by atoms with Crippen LogP contribution in [0, 0.1) is 5.92 Å². The third kappa shape index (κ3) is 5.93. The molecule has 180 valence electrons. The summed E-state index contributed by atoms with van der Waals surface area (Å²) in [5, 5.41) is 0. The number of hydrogen-bond donors (Lipinski definition) is 1. The van der Waals surface area contributed by atoms with Crippen LogP contribution in [0.15, 0.2) is 52.3 Å². The van der Waals surface area contributed by atoms with Crippen molar-refractivity contribution in [2.75, 3.05) is 26.5 Å². The van der Waals surface area contributed by atoms with Crippen LogP contribution >= 0.6 is 0 Å². The van der Waals surface area contributed by atoms with Crippen molar-refractivity contribution < 1.29 is 26.4 Å². The van der Waals surface area contributed by atoms with Crippen molar-refractivity contribution in [2.45, 2.75) is 42.5 Å². The van der Waals surface area contributed by atoms with Gasteiger partial charge < -0.3 is 9.64 Å². The van der Waals surface area contributed by atoms with Crippen LogP contribution in [0.2, 0.25) is 0 Å². The first-order valence-electron chi connectivity index (χ1n) is 10.7. The van der Waals surface area contributed by atoms with Gasteiger partial charge in [-0.25, -0.2) is 21.6 Å². The second-order valence-corrected chi connectivity index (χ2v) is 12.3. The van der Waals surface area contributed by atoms with E-state index in [4.69, 9.17) is 4.74 Å². The summed E-state index contributed by atoms with van der Waals surface area (Å²) in [6, 6.07) is 9.65. The van der Waals surface area contributed by atoms with E-state index in [9.17, 15) is 21.6 Å². The van der Waals surface area contributed by atoms with Gasteiger partial charge in [0, 0.05) is 25.4 Å². The molecule has 1 saturated heterocycles. The molecule has 1 amide bonds. The van der Waals surface area contributed by atoms with Crippen molar-refractivity contribution in [1.82, 2.24) is 9.62 Å². The predicted molar refractivity (Wildman–Crippen MR) is 126 cm³/mol. The lowest BCUT2D eigenvalue weighted by molar-refractivity contribution is 0.0693. The van der Waals surface area contributed by atoms with Gasteiger partial charge in [0.25, 0.3) is 5.91 Å². The van der Waals surface area contributed by atoms with Crippen molar-refractivity contribution in [1.29, 1.82) is 0 Å². The zero-order valence-electron chi connectivity index (χ0n) is 19.2. The highest BCUT2D eigenvalue weighted by Crippen LogP contribution is 2.27. The van der Waals surface area contributed by atoms with E-state index >= 15 is 0 Å². The van der Waals surface area contributed by atoms with Crippen LogP contribution in [0.25, 0.3) is 0 Å². The fraction of sp³-hybridized carbons (Fsp3) is 0.435. The minimum Gasteiger partial charge on any atom is -0.496 e. The molecule has 2 aromatic rings. The Hall–Kier alpha value is -2.43. The monoisotopic (exact) mass is 494 g/mol. The molecule has 0 unspecified atom stereocenters. The third-order valence-corrected chi connectivity index (χ3v) is 8.59. The van der Waals surface area contributed by atoms with Gasteiger partial charge in [-0.3, -0.25) is 4.79 Å². The zero-order valence-corrected chi connectivity index (χ0v) is 20.9. The molecule has 0 spiro atoms. The molecule has 10 heteroatoms. The molecule has 0 saturated carbocycles. The number of piperidine rings is 1. The average molecular weight is 495 g/mol. The number of sulfonamides is 1. The van der Waals surface area contributed by atoms with Gasteiger partial charge >= 0.3 is 0 Å². The van der Waals surface area contributed by atoms with Crippen molar-refractivity contribution in [3.05, 3.63) is 53.6 Å². The maximum atomic E-state index is 13.1. The van der Waals surface area contributed by atoms with E-state index in [1.807, 2.05) is 0 Å². The van der Waals surface area contributed by atoms with Gasteiger partial charge in [0.05, 0.1) is 22.5 Å². The lowest BCUT2D eigenvalue weighted by Gasteiger charge is -2.30. The molecule has 0 radical (unpaired) electrons. The van der Waals surface area contributed by atoms with Crippen molar-refractivity contribution in [3.63, 3.8) is 0 Å². The summed E-state index contributed by atoms with van der Waals surface area (Å²) in [6.45, 7) is 5.06. The molecule has 3 rings (SSSR count). The largest absolute Gasteiger partial charge is 0.496 e. The number of methoxy groups -OCH3 is 1. The normalized spacial score (nSPS) is 16.4. The highest BCUT2D eigenvalue weighted by atomic mass is 32.2. The predicted octanol–water partition coefficient (Wildman–Crippen LogP) is 3.01. The number of hydrogen-bond acceptors (Lipinski definition) is 6. The SMILES string of the molecule is COc1ccc(S(=O)(=O)N[C@@H](C)c2ccc(S(C)(=O)=O)cc2)cc1C(=O)N1CCC(C)CC1. The van der Waals surface area contributed by atoms with Gasteiger partial charge in [-0.05, 0) is 61.6 Å². The molecule has 1 heterocycles. The van der Waals surface area contributed by atoms with Crippen molar-refractivity contribution in [3.8, 4) is 5.75 Å². The number of carbonyl (C=O) groups is 1. The Labute approximate surface area is 195 Å². The minimum absolute atomic E-state index is 0.0448. The minimum atomic E-state index is -3.96. The second-order valence-electron chi connectivity index (χ2n) is 8.52. The van der Waals surface area contributed by atoms with E-state index in [1.54, 1.807) is 24.0 Å². The summed E-state index contributed by atoms with van der Waals surface area (Å²) in [7, 11) is -5.86. The molecule has 33 heavy (non-hydrogen) atoms.